The molecule has 2 amide bonds. The van der Waals surface area contributed by atoms with Crippen LogP contribution in [0.25, 0.3) is 10.9 Å². The molecule has 4 rings (SSSR count). The SMILES string of the molecule is Cc1c(NC(=O)OC(C)(C)C)ccc2nc(N(C)[C@@H](Cc3ccccc3)C(=O)N(C)CCc3ccccn3)oc(=O)c12. The van der Waals surface area contributed by atoms with Crippen LogP contribution in [0.2, 0.25) is 0 Å². The van der Waals surface area contributed by atoms with Gasteiger partial charge in [0.15, 0.2) is 0 Å². The Labute approximate surface area is 245 Å². The minimum atomic E-state index is -0.691. The van der Waals surface area contributed by atoms with Crippen molar-refractivity contribution in [2.45, 2.75) is 52.2 Å². The van der Waals surface area contributed by atoms with Crippen molar-refractivity contribution < 1.29 is 18.7 Å². The third kappa shape index (κ3) is 7.51. The Morgan fingerprint density at radius 2 is 1.74 bits per heavy atom. The minimum absolute atomic E-state index is 0.0205. The molecule has 42 heavy (non-hydrogen) atoms. The van der Waals surface area contributed by atoms with Crippen molar-refractivity contribution in [3.05, 3.63) is 94.1 Å². The molecule has 0 radical (unpaired) electrons. The molecule has 2 aromatic heterocycles. The van der Waals surface area contributed by atoms with Gasteiger partial charge < -0.3 is 19.0 Å². The highest BCUT2D eigenvalue weighted by atomic mass is 16.6. The van der Waals surface area contributed by atoms with Gasteiger partial charge in [-0.05, 0) is 63.1 Å². The van der Waals surface area contributed by atoms with Gasteiger partial charge in [0.1, 0.15) is 11.6 Å². The first kappa shape index (κ1) is 30.2. The summed E-state index contributed by atoms with van der Waals surface area (Å²) in [7, 11) is 3.45. The summed E-state index contributed by atoms with van der Waals surface area (Å²) in [5.41, 5.74) is 1.85. The van der Waals surface area contributed by atoms with Crippen molar-refractivity contribution in [3.63, 3.8) is 0 Å². The second-order valence-electron chi connectivity index (χ2n) is 11.2. The lowest BCUT2D eigenvalue weighted by Gasteiger charge is -2.30. The van der Waals surface area contributed by atoms with Crippen molar-refractivity contribution in [2.75, 3.05) is 30.9 Å². The number of likely N-dealkylation sites (N-methyl/N-ethyl adjacent to an activating group) is 2. The van der Waals surface area contributed by atoms with Crippen LogP contribution in [0.3, 0.4) is 0 Å². The number of nitrogens with zero attached hydrogens (tertiary/aromatic N) is 4. The van der Waals surface area contributed by atoms with E-state index in [0.29, 0.717) is 36.2 Å². The predicted octanol–water partition coefficient (Wildman–Crippen LogP) is 4.99. The van der Waals surface area contributed by atoms with E-state index in [1.54, 1.807) is 69.9 Å². The van der Waals surface area contributed by atoms with Gasteiger partial charge in [0.25, 0.3) is 0 Å². The standard InChI is InChI=1S/C32H37N5O5/c1-21-24(35-31(40)42-32(2,3)4)15-16-25-27(21)29(39)41-30(34-25)37(6)26(20-22-12-8-7-9-13-22)28(38)36(5)19-17-23-14-10-11-18-33-23/h7-16,18,26H,17,19-20H2,1-6H3,(H,35,40)/t26-/m0/s1. The molecule has 0 bridgehead atoms. The van der Waals surface area contributed by atoms with Gasteiger partial charge in [-0.1, -0.05) is 36.4 Å². The summed E-state index contributed by atoms with van der Waals surface area (Å²) in [4.78, 5) is 51.6. The van der Waals surface area contributed by atoms with Gasteiger partial charge in [-0.2, -0.15) is 4.98 Å². The first-order valence-electron chi connectivity index (χ1n) is 13.8. The molecule has 0 saturated carbocycles. The molecule has 0 unspecified atom stereocenters. The van der Waals surface area contributed by atoms with Gasteiger partial charge >= 0.3 is 17.7 Å². The number of anilines is 2. The summed E-state index contributed by atoms with van der Waals surface area (Å²) < 4.78 is 11.0. The zero-order valence-corrected chi connectivity index (χ0v) is 24.9. The molecule has 0 saturated heterocycles. The molecule has 2 heterocycles. The molecular formula is C32H37N5O5. The summed E-state index contributed by atoms with van der Waals surface area (Å²) in [6, 6.07) is 18.0. The van der Waals surface area contributed by atoms with Gasteiger partial charge in [0, 0.05) is 51.1 Å². The maximum atomic E-state index is 13.8. The Kier molecular flexibility index (Phi) is 9.25. The van der Waals surface area contributed by atoms with E-state index in [1.807, 2.05) is 48.5 Å². The minimum Gasteiger partial charge on any atom is -0.444 e. The molecule has 0 spiro atoms. The van der Waals surface area contributed by atoms with Gasteiger partial charge in [0.05, 0.1) is 10.9 Å². The molecule has 220 valence electrons. The maximum Gasteiger partial charge on any atom is 0.412 e. The van der Waals surface area contributed by atoms with Crippen LogP contribution in [0.5, 0.6) is 0 Å². The van der Waals surface area contributed by atoms with Crippen molar-refractivity contribution in [3.8, 4) is 0 Å². The average Bonchev–Trinajstić information content (AvgIpc) is 2.95. The highest BCUT2D eigenvalue weighted by molar-refractivity contribution is 5.93. The second-order valence-corrected chi connectivity index (χ2v) is 11.2. The molecule has 1 atom stereocenters. The van der Waals surface area contributed by atoms with E-state index in [9.17, 15) is 14.4 Å². The molecule has 10 heteroatoms. The van der Waals surface area contributed by atoms with Gasteiger partial charge in [-0.15, -0.1) is 0 Å². The fraction of sp³-hybridized carbons (Fsp3) is 0.344. The fourth-order valence-corrected chi connectivity index (χ4v) is 4.56. The lowest BCUT2D eigenvalue weighted by molar-refractivity contribution is -0.131. The number of benzene rings is 2. The smallest absolute Gasteiger partial charge is 0.412 e. The Morgan fingerprint density at radius 1 is 1.02 bits per heavy atom. The van der Waals surface area contributed by atoms with E-state index in [4.69, 9.17) is 9.15 Å². The van der Waals surface area contributed by atoms with Gasteiger partial charge in [0.2, 0.25) is 5.91 Å². The summed E-state index contributed by atoms with van der Waals surface area (Å²) in [5, 5.41) is 2.92. The van der Waals surface area contributed by atoms with Gasteiger partial charge in [-0.3, -0.25) is 15.1 Å². The summed E-state index contributed by atoms with van der Waals surface area (Å²) >= 11 is 0. The Bertz CT molecular complexity index is 1600. The van der Waals surface area contributed by atoms with Crippen LogP contribution in [0.15, 0.2) is 76.1 Å². The number of hydrogen-bond acceptors (Lipinski definition) is 8. The van der Waals surface area contributed by atoms with Crippen molar-refractivity contribution in [1.82, 2.24) is 14.9 Å². The van der Waals surface area contributed by atoms with Crippen LogP contribution < -0.4 is 15.8 Å². The summed E-state index contributed by atoms with van der Waals surface area (Å²) in [6.45, 7) is 7.48. The molecule has 0 aliphatic heterocycles. The first-order chi connectivity index (χ1) is 19.9. The number of rotatable bonds is 9. The molecule has 4 aromatic rings. The lowest BCUT2D eigenvalue weighted by Crippen LogP contribution is -2.48. The van der Waals surface area contributed by atoms with E-state index in [-0.39, 0.29) is 17.3 Å². The van der Waals surface area contributed by atoms with E-state index in [1.165, 1.54) is 0 Å². The third-order valence-electron chi connectivity index (χ3n) is 6.81. The summed E-state index contributed by atoms with van der Waals surface area (Å²) in [6.07, 6.45) is 2.08. The largest absolute Gasteiger partial charge is 0.444 e. The summed E-state index contributed by atoms with van der Waals surface area (Å²) in [5.74, 6) is -0.144. The molecule has 1 N–H and O–H groups in total. The number of aryl methyl sites for hydroxylation is 1. The van der Waals surface area contributed by atoms with E-state index in [2.05, 4.69) is 15.3 Å². The van der Waals surface area contributed by atoms with E-state index in [0.717, 1.165) is 11.3 Å². The lowest BCUT2D eigenvalue weighted by atomic mass is 10.0. The number of amides is 2. The number of hydrogen-bond donors (Lipinski definition) is 1. The molecule has 0 aliphatic rings. The quantitative estimate of drug-likeness (QED) is 0.299. The van der Waals surface area contributed by atoms with E-state index < -0.39 is 23.4 Å². The van der Waals surface area contributed by atoms with Crippen molar-refractivity contribution in [2.24, 2.45) is 0 Å². The number of carbonyl (C=O) groups is 2. The van der Waals surface area contributed by atoms with Crippen molar-refractivity contribution >= 4 is 34.6 Å². The molecular weight excluding hydrogens is 534 g/mol. The van der Waals surface area contributed by atoms with Crippen molar-refractivity contribution in [1.29, 1.82) is 0 Å². The number of fused-ring (bicyclic) bond motifs is 1. The zero-order chi connectivity index (χ0) is 30.4. The first-order valence-corrected chi connectivity index (χ1v) is 13.8. The highest BCUT2D eigenvalue weighted by Crippen LogP contribution is 2.25. The second kappa shape index (κ2) is 12.8. The van der Waals surface area contributed by atoms with Crippen LogP contribution in [-0.4, -0.2) is 59.2 Å². The Hall–Kier alpha value is -4.73. The zero-order valence-electron chi connectivity index (χ0n) is 24.9. The number of ether oxygens (including phenoxy) is 1. The molecule has 10 nitrogen and oxygen atoms in total. The topological polar surface area (TPSA) is 118 Å². The van der Waals surface area contributed by atoms with E-state index >= 15 is 0 Å². The van der Waals surface area contributed by atoms with Gasteiger partial charge in [-0.25, -0.2) is 9.59 Å². The van der Waals surface area contributed by atoms with Crippen LogP contribution in [0, 0.1) is 6.92 Å². The molecule has 0 fully saturated rings. The third-order valence-corrected chi connectivity index (χ3v) is 6.81. The van der Waals surface area contributed by atoms with Crippen LogP contribution in [0.4, 0.5) is 16.5 Å². The Balaban J connectivity index is 1.62. The normalized spacial score (nSPS) is 12.0. The number of aromatic nitrogens is 2. The highest BCUT2D eigenvalue weighted by Gasteiger charge is 2.30. The molecule has 0 aliphatic carbocycles. The van der Waals surface area contributed by atoms with Crippen LogP contribution >= 0.6 is 0 Å². The monoisotopic (exact) mass is 571 g/mol. The molecule has 2 aromatic carbocycles. The number of carbonyl (C=O) groups excluding carboxylic acids is 2. The van der Waals surface area contributed by atoms with Crippen LogP contribution in [0.1, 0.15) is 37.6 Å². The Morgan fingerprint density at radius 3 is 2.40 bits per heavy atom. The predicted molar refractivity (Wildman–Crippen MR) is 163 cm³/mol. The number of pyridine rings is 1. The van der Waals surface area contributed by atoms with Crippen LogP contribution in [-0.2, 0) is 22.4 Å². The fourth-order valence-electron chi connectivity index (χ4n) is 4.56. The number of nitrogens with one attached hydrogen (secondary N) is 1. The average molecular weight is 572 g/mol. The maximum absolute atomic E-state index is 13.8.